The molecule has 0 radical (unpaired) electrons. The predicted molar refractivity (Wildman–Crippen MR) is 175 cm³/mol. The zero-order valence-corrected chi connectivity index (χ0v) is 28.5. The topological polar surface area (TPSA) is 126 Å². The minimum atomic E-state index is -3.98. The van der Waals surface area contributed by atoms with Gasteiger partial charge in [-0.1, -0.05) is 26.2 Å². The van der Waals surface area contributed by atoms with E-state index in [2.05, 4.69) is 28.6 Å². The highest BCUT2D eigenvalue weighted by Crippen LogP contribution is 2.30. The van der Waals surface area contributed by atoms with Crippen molar-refractivity contribution in [1.29, 1.82) is 0 Å². The Morgan fingerprint density at radius 2 is 1.84 bits per heavy atom. The third kappa shape index (κ3) is 9.91. The van der Waals surface area contributed by atoms with E-state index in [-0.39, 0.29) is 46.9 Å². The van der Waals surface area contributed by atoms with Gasteiger partial charge in [0.15, 0.2) is 5.03 Å². The van der Waals surface area contributed by atoms with Crippen molar-refractivity contribution in [2.75, 3.05) is 44.6 Å². The van der Waals surface area contributed by atoms with Gasteiger partial charge < -0.3 is 28.9 Å². The number of carbonyl (C=O) groups excluding carboxylic acids is 1. The van der Waals surface area contributed by atoms with Gasteiger partial charge in [0.2, 0.25) is 0 Å². The number of hydrogen-bond donors (Lipinski definition) is 2. The molecule has 0 bridgehead atoms. The minimum absolute atomic E-state index is 0.0196. The van der Waals surface area contributed by atoms with E-state index in [0.717, 1.165) is 32.4 Å². The van der Waals surface area contributed by atoms with Crippen molar-refractivity contribution in [3.8, 4) is 5.75 Å². The monoisotopic (exact) mass is 647 g/mol. The maximum Gasteiger partial charge on any atom is 0.280 e. The maximum absolute atomic E-state index is 14.3. The molecular weight excluding hydrogens is 594 g/mol. The summed E-state index contributed by atoms with van der Waals surface area (Å²) in [5.41, 5.74) is 0.458. The number of aromatic nitrogens is 2. The number of nitrogens with zero attached hydrogens (tertiary/aromatic N) is 4. The first kappa shape index (κ1) is 35.2. The summed E-state index contributed by atoms with van der Waals surface area (Å²) in [7, 11) is -0.121. The molecule has 0 unspecified atom stereocenters. The Labute approximate surface area is 269 Å². The smallest absolute Gasteiger partial charge is 0.280 e. The summed E-state index contributed by atoms with van der Waals surface area (Å²) < 4.78 is 43.0. The van der Waals surface area contributed by atoms with Crippen molar-refractivity contribution in [3.05, 3.63) is 36.3 Å². The van der Waals surface area contributed by atoms with Gasteiger partial charge in [-0.25, -0.2) is 4.98 Å². The third-order valence-electron chi connectivity index (χ3n) is 9.05. The van der Waals surface area contributed by atoms with E-state index < -0.39 is 16.1 Å². The number of rotatable bonds is 9. The number of nitrogens with one attached hydrogen (secondary N) is 1. The number of aliphatic hydroxyl groups is 1. The lowest BCUT2D eigenvalue weighted by Crippen LogP contribution is -2.47. The zero-order chi connectivity index (χ0) is 32.6. The van der Waals surface area contributed by atoms with Crippen LogP contribution in [0.2, 0.25) is 0 Å². The third-order valence-corrected chi connectivity index (χ3v) is 10.3. The summed E-state index contributed by atoms with van der Waals surface area (Å²) in [6, 6.07) is 4.28. The molecule has 1 aliphatic carbocycles. The molecule has 0 spiro atoms. The van der Waals surface area contributed by atoms with Gasteiger partial charge in [-0.3, -0.25) is 9.52 Å². The van der Waals surface area contributed by atoms with Gasteiger partial charge in [-0.15, -0.1) is 0 Å². The van der Waals surface area contributed by atoms with E-state index >= 15 is 0 Å². The number of ether oxygens (including phenoxy) is 2. The molecule has 2 heterocycles. The van der Waals surface area contributed by atoms with Crippen LogP contribution < -0.4 is 9.46 Å². The quantitative estimate of drug-likeness (QED) is 0.407. The fourth-order valence-corrected chi connectivity index (χ4v) is 7.41. The van der Waals surface area contributed by atoms with Gasteiger partial charge in [0.05, 0.1) is 36.7 Å². The van der Waals surface area contributed by atoms with E-state index in [1.54, 1.807) is 28.6 Å². The molecule has 0 saturated heterocycles. The Bertz CT molecular complexity index is 1340. The van der Waals surface area contributed by atoms with Crippen molar-refractivity contribution in [3.63, 3.8) is 0 Å². The molecule has 2 aliphatic rings. The van der Waals surface area contributed by atoms with E-state index in [0.29, 0.717) is 24.8 Å². The van der Waals surface area contributed by atoms with Crippen LogP contribution in [-0.2, 0) is 21.8 Å². The first-order valence-electron chi connectivity index (χ1n) is 16.5. The average Bonchev–Trinajstić information content (AvgIpc) is 3.46. The Morgan fingerprint density at radius 3 is 2.53 bits per heavy atom. The van der Waals surface area contributed by atoms with Gasteiger partial charge in [-0.2, -0.15) is 8.42 Å². The predicted octanol–water partition coefficient (Wildman–Crippen LogP) is 4.53. The highest BCUT2D eigenvalue weighted by molar-refractivity contribution is 7.92. The molecule has 4 atom stereocenters. The molecule has 1 aromatic heterocycles. The zero-order valence-electron chi connectivity index (χ0n) is 27.7. The molecule has 2 aromatic rings. The Balaban J connectivity index is 1.61. The molecule has 12 heteroatoms. The fraction of sp³-hybridized carbons (Fsp3) is 0.697. The first-order chi connectivity index (χ1) is 21.5. The molecule has 45 heavy (non-hydrogen) atoms. The van der Waals surface area contributed by atoms with Crippen LogP contribution in [0.1, 0.15) is 82.5 Å². The van der Waals surface area contributed by atoms with E-state index in [1.807, 2.05) is 13.8 Å². The van der Waals surface area contributed by atoms with Gasteiger partial charge in [-0.05, 0) is 77.1 Å². The summed E-state index contributed by atoms with van der Waals surface area (Å²) in [4.78, 5) is 22.3. The lowest BCUT2D eigenvalue weighted by molar-refractivity contribution is -0.0190. The normalized spacial score (nSPS) is 23.7. The van der Waals surface area contributed by atoms with E-state index in [9.17, 15) is 18.3 Å². The minimum Gasteiger partial charge on any atom is -0.490 e. The molecule has 1 amide bonds. The number of imidazole rings is 1. The Hall–Kier alpha value is -2.67. The molecule has 252 valence electrons. The lowest BCUT2D eigenvalue weighted by Gasteiger charge is -2.36. The first-order valence-corrected chi connectivity index (χ1v) is 18.0. The molecular formula is C33H53N5O6S. The highest BCUT2D eigenvalue weighted by Gasteiger charge is 2.31. The summed E-state index contributed by atoms with van der Waals surface area (Å²) in [5.74, 6) is 0.741. The van der Waals surface area contributed by atoms with Gasteiger partial charge >= 0.3 is 0 Å². The fourth-order valence-electron chi connectivity index (χ4n) is 6.38. The summed E-state index contributed by atoms with van der Waals surface area (Å²) in [6.45, 7) is 8.48. The summed E-state index contributed by atoms with van der Waals surface area (Å²) >= 11 is 0. The molecule has 1 saturated carbocycles. The summed E-state index contributed by atoms with van der Waals surface area (Å²) in [6.07, 6.45) is 11.7. The second kappa shape index (κ2) is 16.2. The van der Waals surface area contributed by atoms with Crippen LogP contribution in [0.25, 0.3) is 0 Å². The number of fused-ring (bicyclic) bond motifs is 1. The average molecular weight is 648 g/mol. The van der Waals surface area contributed by atoms with Crippen LogP contribution in [0.4, 0.5) is 5.69 Å². The van der Waals surface area contributed by atoms with Crippen LogP contribution in [0.3, 0.4) is 0 Å². The second-order valence-electron chi connectivity index (χ2n) is 13.2. The number of carbonyl (C=O) groups is 1. The Morgan fingerprint density at radius 1 is 1.11 bits per heavy atom. The molecule has 1 aliphatic heterocycles. The molecule has 1 fully saturated rings. The van der Waals surface area contributed by atoms with Crippen LogP contribution in [0, 0.1) is 11.8 Å². The molecule has 4 rings (SSSR count). The molecule has 2 N–H and O–H groups in total. The number of aliphatic hydroxyl groups excluding tert-OH is 1. The largest absolute Gasteiger partial charge is 0.490 e. The van der Waals surface area contributed by atoms with Crippen LogP contribution in [0.5, 0.6) is 5.75 Å². The van der Waals surface area contributed by atoms with Crippen molar-refractivity contribution in [1.82, 2.24) is 19.4 Å². The van der Waals surface area contributed by atoms with Crippen molar-refractivity contribution >= 4 is 21.6 Å². The van der Waals surface area contributed by atoms with E-state index in [1.165, 1.54) is 50.7 Å². The molecule has 1 aromatic carbocycles. The standard InChI is InChI=1S/C33H53N5O6S/c1-24-18-38(25(2)22-39)33(40)29-17-28(35-45(41,42)32-21-37(5)23-34-32)14-15-30(29)44-26(3)11-9-10-16-43-31(24)20-36(4)19-27-12-7-6-8-13-27/h14-15,17,21,23-27,31,35,39H,6-13,16,18-20,22H2,1-5H3/t24-,25-,26-,31+/m1/s1. The SMILES string of the molecule is C[C@@H]1CCCCO[C@@H](CN(C)CC2CCCCC2)[C@H](C)CN([C@H](C)CO)C(=O)c2cc(NS(=O)(=O)c3cn(C)cn3)ccc2O1. The highest BCUT2D eigenvalue weighted by atomic mass is 32.2. The molecule has 11 nitrogen and oxygen atoms in total. The second-order valence-corrected chi connectivity index (χ2v) is 14.8. The van der Waals surface area contributed by atoms with Gasteiger partial charge in [0.25, 0.3) is 15.9 Å². The van der Waals surface area contributed by atoms with Crippen molar-refractivity contribution in [2.24, 2.45) is 18.9 Å². The number of benzene rings is 1. The lowest BCUT2D eigenvalue weighted by atomic mass is 9.89. The van der Waals surface area contributed by atoms with Crippen molar-refractivity contribution in [2.45, 2.75) is 95.4 Å². The van der Waals surface area contributed by atoms with Crippen LogP contribution >= 0.6 is 0 Å². The Kier molecular flexibility index (Phi) is 12.7. The summed E-state index contributed by atoms with van der Waals surface area (Å²) in [5, 5.41) is 10.1. The number of sulfonamides is 1. The van der Waals surface area contributed by atoms with Crippen molar-refractivity contribution < 1.29 is 27.8 Å². The maximum atomic E-state index is 14.3. The van der Waals surface area contributed by atoms with Gasteiger partial charge in [0.1, 0.15) is 5.75 Å². The van der Waals surface area contributed by atoms with E-state index in [4.69, 9.17) is 9.47 Å². The van der Waals surface area contributed by atoms with Crippen LogP contribution in [-0.4, -0.2) is 96.9 Å². The van der Waals surface area contributed by atoms with Gasteiger partial charge in [0, 0.05) is 51.1 Å². The number of anilines is 1. The van der Waals surface area contributed by atoms with Crippen LogP contribution in [0.15, 0.2) is 35.7 Å². The number of likely N-dealkylation sites (N-methyl/N-ethyl adjacent to an activating group) is 1. The number of amides is 1. The number of aryl methyl sites for hydroxylation is 1. The number of hydrogen-bond acceptors (Lipinski definition) is 8.